The molecule has 0 atom stereocenters. The van der Waals surface area contributed by atoms with Gasteiger partial charge in [0.05, 0.1) is 31.7 Å². The Morgan fingerprint density at radius 3 is 2.32 bits per heavy atom. The first-order valence-corrected chi connectivity index (χ1v) is 10.7. The van der Waals surface area contributed by atoms with Crippen molar-refractivity contribution < 1.29 is 23.9 Å². The second kappa shape index (κ2) is 11.6. The van der Waals surface area contributed by atoms with E-state index in [4.69, 9.17) is 9.47 Å². The largest absolute Gasteiger partial charge is 0.497 e. The summed E-state index contributed by atoms with van der Waals surface area (Å²) < 4.78 is 11.3. The summed E-state index contributed by atoms with van der Waals surface area (Å²) >= 11 is 3.33. The fraction of sp³-hybridized carbons (Fsp3) is 0.0833. The molecule has 0 bridgehead atoms. The van der Waals surface area contributed by atoms with Crippen LogP contribution >= 0.6 is 15.9 Å². The molecule has 0 fully saturated rings. The van der Waals surface area contributed by atoms with Gasteiger partial charge in [-0.1, -0.05) is 28.1 Å². The van der Waals surface area contributed by atoms with Crippen molar-refractivity contribution in [1.82, 2.24) is 5.43 Å². The van der Waals surface area contributed by atoms with Gasteiger partial charge < -0.3 is 20.1 Å². The molecule has 0 aromatic heterocycles. The van der Waals surface area contributed by atoms with Crippen molar-refractivity contribution in [3.8, 4) is 11.5 Å². The standard InChI is InChI=1S/C24H21BrN4O5/c1-33-18-11-12-21(34-2)15(13-18)14-26-29-24(32)23(31)28-20-6-4-3-5-19(20)22(30)27-17-9-7-16(25)8-10-17/h3-14H,1-2H3,(H,27,30)(H,28,31)(H,29,32)/b26-14-. The summed E-state index contributed by atoms with van der Waals surface area (Å²) in [6.07, 6.45) is 1.33. The third-order valence-electron chi connectivity index (χ3n) is 4.53. The fourth-order valence-corrected chi connectivity index (χ4v) is 3.12. The number of benzene rings is 3. The smallest absolute Gasteiger partial charge is 0.329 e. The Balaban J connectivity index is 1.65. The lowest BCUT2D eigenvalue weighted by molar-refractivity contribution is -0.136. The van der Waals surface area contributed by atoms with Gasteiger partial charge in [-0.25, -0.2) is 5.43 Å². The van der Waals surface area contributed by atoms with E-state index in [0.29, 0.717) is 22.7 Å². The van der Waals surface area contributed by atoms with Gasteiger partial charge in [-0.3, -0.25) is 14.4 Å². The van der Waals surface area contributed by atoms with Crippen LogP contribution in [0.2, 0.25) is 0 Å². The topological polar surface area (TPSA) is 118 Å². The quantitative estimate of drug-likeness (QED) is 0.246. The number of methoxy groups -OCH3 is 2. The molecule has 0 aliphatic heterocycles. The molecule has 3 aromatic carbocycles. The summed E-state index contributed by atoms with van der Waals surface area (Å²) in [4.78, 5) is 37.3. The molecule has 9 nitrogen and oxygen atoms in total. The van der Waals surface area contributed by atoms with E-state index < -0.39 is 17.7 Å². The van der Waals surface area contributed by atoms with E-state index in [1.165, 1.54) is 32.6 Å². The van der Waals surface area contributed by atoms with Gasteiger partial charge in [0, 0.05) is 15.7 Å². The zero-order valence-electron chi connectivity index (χ0n) is 18.3. The van der Waals surface area contributed by atoms with Crippen LogP contribution in [0.3, 0.4) is 0 Å². The summed E-state index contributed by atoms with van der Waals surface area (Å²) in [5, 5.41) is 8.99. The average Bonchev–Trinajstić information content (AvgIpc) is 2.85. The minimum atomic E-state index is -1.01. The van der Waals surface area contributed by atoms with E-state index in [9.17, 15) is 14.4 Å². The number of ether oxygens (including phenoxy) is 2. The monoisotopic (exact) mass is 524 g/mol. The van der Waals surface area contributed by atoms with Gasteiger partial charge in [0.25, 0.3) is 5.91 Å². The van der Waals surface area contributed by atoms with Crippen LogP contribution in [0.25, 0.3) is 0 Å². The molecule has 0 aliphatic rings. The highest BCUT2D eigenvalue weighted by Crippen LogP contribution is 2.22. The number of hydrazone groups is 1. The molecule has 0 spiro atoms. The van der Waals surface area contributed by atoms with Gasteiger partial charge in [0.1, 0.15) is 11.5 Å². The van der Waals surface area contributed by atoms with E-state index >= 15 is 0 Å². The first kappa shape index (κ1) is 24.5. The number of para-hydroxylation sites is 1. The van der Waals surface area contributed by atoms with Gasteiger partial charge in [-0.2, -0.15) is 5.10 Å². The number of nitrogens with zero attached hydrogens (tertiary/aromatic N) is 1. The van der Waals surface area contributed by atoms with Gasteiger partial charge in [-0.15, -0.1) is 0 Å². The molecule has 34 heavy (non-hydrogen) atoms. The minimum absolute atomic E-state index is 0.177. The maximum Gasteiger partial charge on any atom is 0.329 e. The zero-order chi connectivity index (χ0) is 24.5. The number of nitrogens with one attached hydrogen (secondary N) is 3. The molecule has 0 unspecified atom stereocenters. The summed E-state index contributed by atoms with van der Waals surface area (Å²) in [5.74, 6) is -1.36. The van der Waals surface area contributed by atoms with Crippen LogP contribution in [0.5, 0.6) is 11.5 Å². The number of amides is 3. The third-order valence-corrected chi connectivity index (χ3v) is 5.06. The number of hydrogen-bond acceptors (Lipinski definition) is 6. The fourth-order valence-electron chi connectivity index (χ4n) is 2.85. The van der Waals surface area contributed by atoms with Crippen molar-refractivity contribution in [3.63, 3.8) is 0 Å². The minimum Gasteiger partial charge on any atom is -0.497 e. The molecule has 3 rings (SSSR count). The van der Waals surface area contributed by atoms with Gasteiger partial charge in [0.15, 0.2) is 0 Å². The molecule has 0 radical (unpaired) electrons. The maximum absolute atomic E-state index is 12.7. The molecule has 0 aliphatic carbocycles. The maximum atomic E-state index is 12.7. The Morgan fingerprint density at radius 1 is 0.882 bits per heavy atom. The lowest BCUT2D eigenvalue weighted by atomic mass is 10.1. The second-order valence-corrected chi connectivity index (χ2v) is 7.68. The third kappa shape index (κ3) is 6.42. The molecular weight excluding hydrogens is 504 g/mol. The van der Waals surface area contributed by atoms with Crippen molar-refractivity contribution in [2.75, 3.05) is 24.9 Å². The van der Waals surface area contributed by atoms with E-state index in [2.05, 4.69) is 37.1 Å². The van der Waals surface area contributed by atoms with Crippen molar-refractivity contribution in [3.05, 3.63) is 82.3 Å². The molecule has 0 saturated carbocycles. The Hall–Kier alpha value is -4.18. The van der Waals surface area contributed by atoms with Crippen LogP contribution in [0.4, 0.5) is 11.4 Å². The first-order valence-electron chi connectivity index (χ1n) is 9.93. The number of rotatable bonds is 7. The second-order valence-electron chi connectivity index (χ2n) is 6.77. The SMILES string of the molecule is COc1ccc(OC)c(/C=N\NC(=O)C(=O)Nc2ccccc2C(=O)Nc2ccc(Br)cc2)c1. The van der Waals surface area contributed by atoms with Crippen molar-refractivity contribution >= 4 is 51.2 Å². The van der Waals surface area contributed by atoms with Crippen molar-refractivity contribution in [1.29, 1.82) is 0 Å². The Kier molecular flexibility index (Phi) is 8.36. The first-order chi connectivity index (χ1) is 16.4. The summed E-state index contributed by atoms with van der Waals surface area (Å²) in [5.41, 5.74) is 3.64. The van der Waals surface area contributed by atoms with Crippen LogP contribution in [-0.2, 0) is 9.59 Å². The Labute approximate surface area is 204 Å². The van der Waals surface area contributed by atoms with Crippen molar-refractivity contribution in [2.45, 2.75) is 0 Å². The molecule has 0 heterocycles. The molecule has 0 saturated heterocycles. The van der Waals surface area contributed by atoms with Crippen LogP contribution < -0.4 is 25.5 Å². The van der Waals surface area contributed by atoms with E-state index in [0.717, 1.165) is 4.47 Å². The predicted molar refractivity (Wildman–Crippen MR) is 132 cm³/mol. The van der Waals surface area contributed by atoms with E-state index in [-0.39, 0.29) is 11.3 Å². The molecule has 3 aromatic rings. The van der Waals surface area contributed by atoms with E-state index in [1.807, 2.05) is 0 Å². The molecule has 174 valence electrons. The Bertz CT molecular complexity index is 1230. The van der Waals surface area contributed by atoms with Crippen LogP contribution in [0.15, 0.2) is 76.3 Å². The molecule has 3 amide bonds. The van der Waals surface area contributed by atoms with Crippen LogP contribution in [0, 0.1) is 0 Å². The molecule has 3 N–H and O–H groups in total. The summed E-state index contributed by atoms with van der Waals surface area (Å²) in [7, 11) is 3.02. The highest BCUT2D eigenvalue weighted by molar-refractivity contribution is 9.10. The zero-order valence-corrected chi connectivity index (χ0v) is 19.9. The predicted octanol–water partition coefficient (Wildman–Crippen LogP) is 3.81. The highest BCUT2D eigenvalue weighted by atomic mass is 79.9. The lowest BCUT2D eigenvalue weighted by Gasteiger charge is -2.11. The number of hydrogen-bond donors (Lipinski definition) is 3. The molecule has 10 heteroatoms. The van der Waals surface area contributed by atoms with Gasteiger partial charge >= 0.3 is 11.8 Å². The normalized spacial score (nSPS) is 10.4. The lowest BCUT2D eigenvalue weighted by Crippen LogP contribution is -2.33. The highest BCUT2D eigenvalue weighted by Gasteiger charge is 2.18. The number of anilines is 2. The molecular formula is C24H21BrN4O5. The van der Waals surface area contributed by atoms with Gasteiger partial charge in [0.2, 0.25) is 0 Å². The Morgan fingerprint density at radius 2 is 1.62 bits per heavy atom. The summed E-state index contributed by atoms with van der Waals surface area (Å²) in [6, 6.07) is 18.4. The summed E-state index contributed by atoms with van der Waals surface area (Å²) in [6.45, 7) is 0. The number of halogens is 1. The van der Waals surface area contributed by atoms with Crippen LogP contribution in [0.1, 0.15) is 15.9 Å². The van der Waals surface area contributed by atoms with Gasteiger partial charge in [-0.05, 0) is 54.6 Å². The number of carbonyl (C=O) groups is 3. The van der Waals surface area contributed by atoms with Crippen LogP contribution in [-0.4, -0.2) is 38.2 Å². The van der Waals surface area contributed by atoms with E-state index in [1.54, 1.807) is 54.6 Å². The van der Waals surface area contributed by atoms with Crippen molar-refractivity contribution in [2.24, 2.45) is 5.10 Å². The number of carbonyl (C=O) groups excluding carboxylic acids is 3. The average molecular weight is 525 g/mol.